The molecule has 0 radical (unpaired) electrons. The van der Waals surface area contributed by atoms with Crippen LogP contribution >= 0.6 is 23.2 Å². The molecule has 0 fully saturated rings. The molecule has 14 heavy (non-hydrogen) atoms. The molecule has 5 heteroatoms. The number of hydrogen-bond donors (Lipinski definition) is 1. The first-order chi connectivity index (χ1) is 6.60. The van der Waals surface area contributed by atoms with Crippen molar-refractivity contribution >= 4 is 29.5 Å². The average Bonchev–Trinajstić information content (AvgIpc) is 2.15. The number of nitrogens with two attached hydrogens (primary N) is 1. The molecule has 1 unspecified atom stereocenters. The number of ether oxygens (including phenoxy) is 1. The van der Waals surface area contributed by atoms with Crippen LogP contribution in [0.25, 0.3) is 0 Å². The minimum atomic E-state index is -0.777. The third-order valence-electron chi connectivity index (χ3n) is 1.75. The summed E-state index contributed by atoms with van der Waals surface area (Å²) in [5.41, 5.74) is 6.03. The number of benzene rings is 1. The number of rotatable bonds is 3. The Morgan fingerprint density at radius 2 is 2.14 bits per heavy atom. The van der Waals surface area contributed by atoms with Gasteiger partial charge in [0.1, 0.15) is 12.0 Å². The lowest BCUT2D eigenvalue weighted by Gasteiger charge is -2.12. The quantitative estimate of drug-likeness (QED) is 0.815. The van der Waals surface area contributed by atoms with E-state index in [-0.39, 0.29) is 0 Å². The van der Waals surface area contributed by atoms with Crippen molar-refractivity contribution in [3.63, 3.8) is 0 Å². The second kappa shape index (κ2) is 4.64. The molecule has 0 aliphatic carbocycles. The molecule has 0 saturated heterocycles. The molecule has 3 nitrogen and oxygen atoms in total. The maximum atomic E-state index is 10.5. The van der Waals surface area contributed by atoms with E-state index in [1.54, 1.807) is 6.07 Å². The van der Waals surface area contributed by atoms with E-state index in [1.807, 2.05) is 0 Å². The zero-order chi connectivity index (χ0) is 10.7. The summed E-state index contributed by atoms with van der Waals surface area (Å²) in [6.07, 6.45) is 0.602. The second-order valence-corrected chi connectivity index (χ2v) is 3.52. The number of aldehydes is 1. The largest absolute Gasteiger partial charge is 0.495 e. The van der Waals surface area contributed by atoms with Crippen molar-refractivity contribution in [2.24, 2.45) is 5.73 Å². The topological polar surface area (TPSA) is 52.3 Å². The minimum absolute atomic E-state index is 0.340. The summed E-state index contributed by atoms with van der Waals surface area (Å²) in [5, 5.41) is 0.760. The molecule has 1 aromatic carbocycles. The van der Waals surface area contributed by atoms with Gasteiger partial charge in [0.25, 0.3) is 0 Å². The summed E-state index contributed by atoms with van der Waals surface area (Å²) in [6, 6.07) is 2.31. The van der Waals surface area contributed by atoms with Crippen molar-refractivity contribution in [2.45, 2.75) is 6.04 Å². The standard InChI is InChI=1S/C9H9Cl2NO2/c1-14-9-6(8(12)4-13)2-5(10)3-7(9)11/h2-4,8H,12H2,1H3. The maximum absolute atomic E-state index is 10.5. The molecule has 0 heterocycles. The SMILES string of the molecule is COc1c(Cl)cc(Cl)cc1C(N)C=O. The minimum Gasteiger partial charge on any atom is -0.495 e. The Kier molecular flexibility index (Phi) is 3.75. The van der Waals surface area contributed by atoms with Gasteiger partial charge < -0.3 is 15.3 Å². The van der Waals surface area contributed by atoms with Gasteiger partial charge in [0.2, 0.25) is 0 Å². The van der Waals surface area contributed by atoms with Gasteiger partial charge in [-0.3, -0.25) is 0 Å². The summed E-state index contributed by atoms with van der Waals surface area (Å²) >= 11 is 11.6. The lowest BCUT2D eigenvalue weighted by atomic mass is 10.1. The van der Waals surface area contributed by atoms with Crippen LogP contribution in [0.5, 0.6) is 5.75 Å². The monoisotopic (exact) mass is 233 g/mol. The van der Waals surface area contributed by atoms with Gasteiger partial charge in [-0.05, 0) is 12.1 Å². The van der Waals surface area contributed by atoms with Gasteiger partial charge in [-0.1, -0.05) is 23.2 Å². The molecule has 0 spiro atoms. The van der Waals surface area contributed by atoms with E-state index in [0.717, 1.165) is 0 Å². The highest BCUT2D eigenvalue weighted by Crippen LogP contribution is 2.34. The highest BCUT2D eigenvalue weighted by atomic mass is 35.5. The van der Waals surface area contributed by atoms with Gasteiger partial charge in [-0.2, -0.15) is 0 Å². The molecule has 1 rings (SSSR count). The molecule has 1 aromatic rings. The summed E-state index contributed by atoms with van der Waals surface area (Å²) in [7, 11) is 1.45. The van der Waals surface area contributed by atoms with Crippen molar-refractivity contribution in [1.82, 2.24) is 0 Å². The maximum Gasteiger partial charge on any atom is 0.142 e. The van der Waals surface area contributed by atoms with Gasteiger partial charge in [0.15, 0.2) is 0 Å². The Morgan fingerprint density at radius 1 is 1.50 bits per heavy atom. The normalized spacial score (nSPS) is 12.3. The first-order valence-electron chi connectivity index (χ1n) is 3.84. The number of methoxy groups -OCH3 is 1. The van der Waals surface area contributed by atoms with Crippen molar-refractivity contribution < 1.29 is 9.53 Å². The zero-order valence-electron chi connectivity index (χ0n) is 7.46. The third kappa shape index (κ3) is 2.18. The van der Waals surface area contributed by atoms with Crippen molar-refractivity contribution in [2.75, 3.05) is 7.11 Å². The van der Waals surface area contributed by atoms with Crippen LogP contribution in [0.3, 0.4) is 0 Å². The fraction of sp³-hybridized carbons (Fsp3) is 0.222. The van der Waals surface area contributed by atoms with Crippen molar-refractivity contribution in [3.05, 3.63) is 27.7 Å². The molecule has 1 atom stereocenters. The van der Waals surface area contributed by atoms with Gasteiger partial charge in [-0.25, -0.2) is 0 Å². The Balaban J connectivity index is 3.31. The fourth-order valence-corrected chi connectivity index (χ4v) is 1.70. The van der Waals surface area contributed by atoms with Crippen molar-refractivity contribution in [1.29, 1.82) is 0 Å². The summed E-state index contributed by atoms with van der Waals surface area (Å²) in [6.45, 7) is 0. The van der Waals surface area contributed by atoms with Crippen molar-refractivity contribution in [3.8, 4) is 5.75 Å². The van der Waals surface area contributed by atoms with Crippen LogP contribution in [-0.4, -0.2) is 13.4 Å². The summed E-state index contributed by atoms with van der Waals surface area (Å²) in [4.78, 5) is 10.5. The Labute approximate surface area is 91.7 Å². The van der Waals surface area contributed by atoms with E-state index in [0.29, 0.717) is 27.6 Å². The average molecular weight is 234 g/mol. The Bertz CT molecular complexity index is 355. The first kappa shape index (κ1) is 11.3. The van der Waals surface area contributed by atoms with Crippen LogP contribution in [-0.2, 0) is 4.79 Å². The van der Waals surface area contributed by atoms with E-state index in [9.17, 15) is 4.79 Å². The van der Waals surface area contributed by atoms with E-state index >= 15 is 0 Å². The second-order valence-electron chi connectivity index (χ2n) is 2.67. The third-order valence-corrected chi connectivity index (χ3v) is 2.25. The smallest absolute Gasteiger partial charge is 0.142 e. The zero-order valence-corrected chi connectivity index (χ0v) is 8.97. The van der Waals surface area contributed by atoms with Crippen LogP contribution in [0.2, 0.25) is 10.0 Å². The van der Waals surface area contributed by atoms with E-state index in [1.165, 1.54) is 13.2 Å². The molecule has 0 bridgehead atoms. The van der Waals surface area contributed by atoms with Crippen LogP contribution in [0, 0.1) is 0 Å². The highest BCUT2D eigenvalue weighted by molar-refractivity contribution is 6.35. The van der Waals surface area contributed by atoms with E-state index < -0.39 is 6.04 Å². The summed E-state index contributed by atoms with van der Waals surface area (Å²) < 4.78 is 5.02. The number of hydrogen-bond acceptors (Lipinski definition) is 3. The lowest BCUT2D eigenvalue weighted by Crippen LogP contribution is -2.12. The molecular weight excluding hydrogens is 225 g/mol. The highest BCUT2D eigenvalue weighted by Gasteiger charge is 2.15. The molecule has 0 aliphatic rings. The van der Waals surface area contributed by atoms with Gasteiger partial charge in [0.05, 0.1) is 18.2 Å². The van der Waals surface area contributed by atoms with Gasteiger partial charge >= 0.3 is 0 Å². The number of carbonyl (C=O) groups excluding carboxylic acids is 1. The lowest BCUT2D eigenvalue weighted by molar-refractivity contribution is -0.109. The molecular formula is C9H9Cl2NO2. The Morgan fingerprint density at radius 3 is 2.64 bits per heavy atom. The van der Waals surface area contributed by atoms with Gasteiger partial charge in [0, 0.05) is 10.6 Å². The van der Waals surface area contributed by atoms with Crippen LogP contribution in [0.15, 0.2) is 12.1 Å². The number of halogens is 2. The molecule has 76 valence electrons. The predicted octanol–water partition coefficient (Wildman–Crippen LogP) is 2.20. The molecule has 0 aromatic heterocycles. The molecule has 0 saturated carbocycles. The van der Waals surface area contributed by atoms with Crippen LogP contribution < -0.4 is 10.5 Å². The van der Waals surface area contributed by atoms with Crippen LogP contribution in [0.1, 0.15) is 11.6 Å². The summed E-state index contributed by atoms with van der Waals surface area (Å²) in [5.74, 6) is 0.385. The molecule has 2 N–H and O–H groups in total. The predicted molar refractivity (Wildman–Crippen MR) is 56.0 cm³/mol. The molecule has 0 amide bonds. The van der Waals surface area contributed by atoms with Gasteiger partial charge in [-0.15, -0.1) is 0 Å². The first-order valence-corrected chi connectivity index (χ1v) is 4.59. The Hall–Kier alpha value is -0.770. The number of carbonyl (C=O) groups is 1. The molecule has 0 aliphatic heterocycles. The van der Waals surface area contributed by atoms with Crippen LogP contribution in [0.4, 0.5) is 0 Å². The van der Waals surface area contributed by atoms with E-state index in [4.69, 9.17) is 33.7 Å². The van der Waals surface area contributed by atoms with E-state index in [2.05, 4.69) is 0 Å². The fourth-order valence-electron chi connectivity index (χ4n) is 1.12.